The highest BCUT2D eigenvalue weighted by Crippen LogP contribution is 2.38. The van der Waals surface area contributed by atoms with E-state index in [1.54, 1.807) is 6.92 Å². The van der Waals surface area contributed by atoms with Crippen molar-refractivity contribution in [3.05, 3.63) is 35.4 Å². The second-order valence-electron chi connectivity index (χ2n) is 11.3. The fourth-order valence-electron chi connectivity index (χ4n) is 5.27. The van der Waals surface area contributed by atoms with Gasteiger partial charge < -0.3 is 19.7 Å². The largest absolute Gasteiger partial charge is 0.457 e. The number of ketones is 1. The summed E-state index contributed by atoms with van der Waals surface area (Å²) in [6.07, 6.45) is 4.22. The summed E-state index contributed by atoms with van der Waals surface area (Å²) in [5.74, 6) is -0.227. The third kappa shape index (κ3) is 6.53. The van der Waals surface area contributed by atoms with Gasteiger partial charge in [0.25, 0.3) is 0 Å². The Kier molecular flexibility index (Phi) is 8.84. The molecule has 35 heavy (non-hydrogen) atoms. The van der Waals surface area contributed by atoms with E-state index >= 15 is 0 Å². The number of aliphatic hydroxyl groups is 1. The van der Waals surface area contributed by atoms with Crippen molar-refractivity contribution < 1.29 is 24.0 Å². The lowest BCUT2D eigenvalue weighted by Crippen LogP contribution is -2.55. The number of carbonyl (C=O) groups excluding carboxylic acids is 2. The molecule has 1 amide bonds. The number of carbonyl (C=O) groups is 2. The molecule has 2 N–H and O–H groups in total. The molecular formula is C27H43BN2O5. The van der Waals surface area contributed by atoms with Crippen molar-refractivity contribution >= 4 is 18.8 Å². The molecule has 2 heterocycles. The number of fused-ring (bicyclic) bond motifs is 1. The Bertz CT molecular complexity index is 889. The average Bonchev–Trinajstić information content (AvgIpc) is 2.99. The summed E-state index contributed by atoms with van der Waals surface area (Å²) < 4.78 is 12.2. The fraction of sp³-hybridized carbons (Fsp3) is 0.704. The maximum Gasteiger partial charge on any atom is 0.457 e. The number of rotatable bonds is 11. The molecule has 194 valence electrons. The van der Waals surface area contributed by atoms with Crippen LogP contribution in [0.1, 0.15) is 78.4 Å². The molecule has 0 bridgehead atoms. The number of hydrogen-bond acceptors (Lipinski definition) is 6. The summed E-state index contributed by atoms with van der Waals surface area (Å²) in [6.45, 7) is 12.6. The molecule has 1 aromatic carbocycles. The Balaban J connectivity index is 1.62. The highest BCUT2D eigenvalue weighted by Gasteiger charge is 2.50. The molecule has 0 radical (unpaired) electrons. The standard InChI is InChI=1S/C27H43BN2O5/c1-20(32)27(29-21(2)33,13-9-10-15-28-34-25(3,4)26(5,6)35-28)14-16-30-18-23-12-8-7-11-22(23)17-24(30)19-31/h7-8,11-12,24,31H,9-10,13-19H2,1-6H3,(H,29,33)/t24-,27?/m0/s1. The molecule has 0 aromatic heterocycles. The minimum atomic E-state index is -0.918. The van der Waals surface area contributed by atoms with E-state index in [9.17, 15) is 14.7 Å². The zero-order valence-electron chi connectivity index (χ0n) is 22.4. The zero-order valence-corrected chi connectivity index (χ0v) is 22.4. The first-order chi connectivity index (χ1) is 16.4. The number of aliphatic hydroxyl groups excluding tert-OH is 1. The van der Waals surface area contributed by atoms with Gasteiger partial charge in [-0.05, 0) is 71.3 Å². The molecule has 0 aliphatic carbocycles. The maximum atomic E-state index is 12.9. The van der Waals surface area contributed by atoms with Gasteiger partial charge in [0.15, 0.2) is 5.78 Å². The third-order valence-electron chi connectivity index (χ3n) is 8.18. The summed E-state index contributed by atoms with van der Waals surface area (Å²) in [4.78, 5) is 27.3. The van der Waals surface area contributed by atoms with Gasteiger partial charge in [-0.1, -0.05) is 37.1 Å². The highest BCUT2D eigenvalue weighted by molar-refractivity contribution is 6.45. The fourth-order valence-corrected chi connectivity index (χ4v) is 5.27. The molecule has 8 heteroatoms. The molecule has 3 rings (SSSR count). The Morgan fingerprint density at radius 2 is 1.71 bits per heavy atom. The topological polar surface area (TPSA) is 88.1 Å². The number of amides is 1. The monoisotopic (exact) mass is 486 g/mol. The lowest BCUT2D eigenvalue weighted by atomic mass is 9.79. The molecular weight excluding hydrogens is 443 g/mol. The van der Waals surface area contributed by atoms with Crippen LogP contribution in [0.2, 0.25) is 6.32 Å². The van der Waals surface area contributed by atoms with Crippen molar-refractivity contribution in [1.82, 2.24) is 10.2 Å². The van der Waals surface area contributed by atoms with Crippen LogP contribution in [-0.4, -0.2) is 64.7 Å². The predicted molar refractivity (Wildman–Crippen MR) is 138 cm³/mol. The van der Waals surface area contributed by atoms with Crippen LogP contribution in [0.4, 0.5) is 0 Å². The van der Waals surface area contributed by atoms with Gasteiger partial charge in [-0.2, -0.15) is 0 Å². The summed E-state index contributed by atoms with van der Waals surface area (Å²) in [5.41, 5.74) is 0.900. The smallest absolute Gasteiger partial charge is 0.403 e. The van der Waals surface area contributed by atoms with E-state index in [-0.39, 0.29) is 42.7 Å². The van der Waals surface area contributed by atoms with E-state index in [4.69, 9.17) is 9.31 Å². The lowest BCUT2D eigenvalue weighted by molar-refractivity contribution is -0.131. The first-order valence-electron chi connectivity index (χ1n) is 13.0. The van der Waals surface area contributed by atoms with Crippen molar-refractivity contribution in [1.29, 1.82) is 0 Å². The summed E-state index contributed by atoms with van der Waals surface area (Å²) in [5, 5.41) is 13.0. The van der Waals surface area contributed by atoms with Crippen LogP contribution in [0, 0.1) is 0 Å². The predicted octanol–water partition coefficient (Wildman–Crippen LogP) is 3.52. The first-order valence-corrected chi connectivity index (χ1v) is 13.0. The number of nitrogens with one attached hydrogen (secondary N) is 1. The van der Waals surface area contributed by atoms with Crippen LogP contribution in [0.5, 0.6) is 0 Å². The van der Waals surface area contributed by atoms with Crippen molar-refractivity contribution in [2.75, 3.05) is 13.2 Å². The Morgan fingerprint density at radius 3 is 2.29 bits per heavy atom. The molecule has 2 aliphatic rings. The van der Waals surface area contributed by atoms with Gasteiger partial charge in [-0.25, -0.2) is 0 Å². The van der Waals surface area contributed by atoms with Crippen LogP contribution in [0.25, 0.3) is 0 Å². The van der Waals surface area contributed by atoms with E-state index in [1.807, 2.05) is 39.8 Å². The quantitative estimate of drug-likeness (QED) is 0.368. The summed E-state index contributed by atoms with van der Waals surface area (Å²) in [7, 11) is -0.258. The third-order valence-corrected chi connectivity index (χ3v) is 8.18. The van der Waals surface area contributed by atoms with Gasteiger partial charge in [0.05, 0.1) is 23.3 Å². The van der Waals surface area contributed by atoms with Crippen molar-refractivity contribution in [2.45, 2.75) is 109 Å². The van der Waals surface area contributed by atoms with Gasteiger partial charge in [0.2, 0.25) is 5.91 Å². The van der Waals surface area contributed by atoms with Crippen LogP contribution >= 0.6 is 0 Å². The lowest BCUT2D eigenvalue weighted by Gasteiger charge is -2.39. The minimum Gasteiger partial charge on any atom is -0.403 e. The normalized spacial score (nSPS) is 22.9. The van der Waals surface area contributed by atoms with E-state index in [0.717, 1.165) is 32.1 Å². The zero-order chi connectivity index (χ0) is 25.9. The van der Waals surface area contributed by atoms with E-state index in [1.165, 1.54) is 18.1 Å². The number of Topliss-reactive ketones (excluding diaryl/α,β-unsaturated/α-hetero) is 1. The highest BCUT2D eigenvalue weighted by atomic mass is 16.7. The molecule has 2 atom stereocenters. The van der Waals surface area contributed by atoms with Crippen molar-refractivity contribution in [3.8, 4) is 0 Å². The Labute approximate surface area is 211 Å². The van der Waals surface area contributed by atoms with Gasteiger partial charge in [-0.3, -0.25) is 14.5 Å². The average molecular weight is 486 g/mol. The van der Waals surface area contributed by atoms with Crippen LogP contribution in [-0.2, 0) is 31.9 Å². The molecule has 1 saturated heterocycles. The molecule has 1 aromatic rings. The number of nitrogens with zero attached hydrogens (tertiary/aromatic N) is 1. The summed E-state index contributed by atoms with van der Waals surface area (Å²) in [6, 6.07) is 8.32. The Morgan fingerprint density at radius 1 is 1.09 bits per heavy atom. The second kappa shape index (κ2) is 11.1. The van der Waals surface area contributed by atoms with Crippen molar-refractivity contribution in [3.63, 3.8) is 0 Å². The molecule has 2 aliphatic heterocycles. The van der Waals surface area contributed by atoms with Crippen molar-refractivity contribution in [2.24, 2.45) is 0 Å². The Hall–Kier alpha value is -1.74. The van der Waals surface area contributed by atoms with Crippen LogP contribution in [0.15, 0.2) is 24.3 Å². The summed E-state index contributed by atoms with van der Waals surface area (Å²) >= 11 is 0. The minimum absolute atomic E-state index is 0.00950. The molecule has 0 saturated carbocycles. The molecule has 1 fully saturated rings. The number of unbranched alkanes of at least 4 members (excludes halogenated alkanes) is 1. The number of hydrogen-bond donors (Lipinski definition) is 2. The van der Waals surface area contributed by atoms with Crippen LogP contribution < -0.4 is 5.32 Å². The second-order valence-corrected chi connectivity index (χ2v) is 11.3. The van der Waals surface area contributed by atoms with Gasteiger partial charge in [0, 0.05) is 26.1 Å². The maximum absolute atomic E-state index is 12.9. The first kappa shape index (κ1) is 27.8. The molecule has 0 spiro atoms. The van der Waals surface area contributed by atoms with Gasteiger partial charge in [0.1, 0.15) is 0 Å². The molecule has 7 nitrogen and oxygen atoms in total. The molecule has 1 unspecified atom stereocenters. The van der Waals surface area contributed by atoms with E-state index in [2.05, 4.69) is 22.3 Å². The van der Waals surface area contributed by atoms with E-state index < -0.39 is 5.54 Å². The SMILES string of the molecule is CC(=O)NC(CCCCB1OC(C)(C)C(C)(C)O1)(CCN1Cc2ccccc2C[C@H]1CO)C(C)=O. The van der Waals surface area contributed by atoms with Gasteiger partial charge in [-0.15, -0.1) is 0 Å². The van der Waals surface area contributed by atoms with E-state index in [0.29, 0.717) is 19.4 Å². The number of benzene rings is 1. The van der Waals surface area contributed by atoms with Crippen LogP contribution in [0.3, 0.4) is 0 Å². The van der Waals surface area contributed by atoms with Gasteiger partial charge >= 0.3 is 7.12 Å².